The molecule has 1 aromatic heterocycles. The molecule has 0 bridgehead atoms. The molecule has 0 spiro atoms. The van der Waals surface area contributed by atoms with Crippen molar-refractivity contribution in [3.63, 3.8) is 0 Å². The van der Waals surface area contributed by atoms with Gasteiger partial charge in [-0.05, 0) is 44.7 Å². The van der Waals surface area contributed by atoms with Gasteiger partial charge in [-0.1, -0.05) is 0 Å². The van der Waals surface area contributed by atoms with Gasteiger partial charge in [0.1, 0.15) is 6.04 Å². The van der Waals surface area contributed by atoms with Crippen molar-refractivity contribution >= 4 is 21.9 Å². The SMILES string of the molecule is CCOC(=O)c1ccc(S(=O)(=O)N2CCCC2C(=O)N(C)CC2CCCO2)o1. The molecule has 0 radical (unpaired) electrons. The normalized spacial score (nSPS) is 23.1. The molecule has 3 rings (SSSR count). The molecule has 2 aliphatic rings. The largest absolute Gasteiger partial charge is 0.460 e. The number of amides is 1. The van der Waals surface area contributed by atoms with Crippen molar-refractivity contribution in [2.75, 3.05) is 33.4 Å². The minimum atomic E-state index is -4.04. The van der Waals surface area contributed by atoms with Gasteiger partial charge >= 0.3 is 5.97 Å². The maximum absolute atomic E-state index is 13.0. The molecule has 2 unspecified atom stereocenters. The second-order valence-corrected chi connectivity index (χ2v) is 8.79. The summed E-state index contributed by atoms with van der Waals surface area (Å²) in [6.07, 6.45) is 2.89. The third-order valence-electron chi connectivity index (χ3n) is 4.99. The first-order valence-corrected chi connectivity index (χ1v) is 10.9. The molecule has 28 heavy (non-hydrogen) atoms. The number of nitrogens with zero attached hydrogens (tertiary/aromatic N) is 2. The molecule has 2 atom stereocenters. The Kier molecular flexibility index (Phi) is 6.41. The number of hydrogen-bond acceptors (Lipinski definition) is 7. The van der Waals surface area contributed by atoms with Crippen molar-refractivity contribution in [2.45, 2.75) is 49.8 Å². The van der Waals surface area contributed by atoms with Crippen molar-refractivity contribution < 1.29 is 31.9 Å². The molecule has 2 fully saturated rings. The summed E-state index contributed by atoms with van der Waals surface area (Å²) in [6, 6.07) is 1.70. The summed E-state index contributed by atoms with van der Waals surface area (Å²) in [5.74, 6) is -1.17. The highest BCUT2D eigenvalue weighted by Gasteiger charge is 2.42. The zero-order chi connectivity index (χ0) is 20.3. The lowest BCUT2D eigenvalue weighted by atomic mass is 10.2. The smallest absolute Gasteiger partial charge is 0.374 e. The van der Waals surface area contributed by atoms with Gasteiger partial charge in [-0.2, -0.15) is 4.31 Å². The Morgan fingerprint density at radius 2 is 2.07 bits per heavy atom. The van der Waals surface area contributed by atoms with Crippen molar-refractivity contribution in [3.8, 4) is 0 Å². The van der Waals surface area contributed by atoms with Crippen LogP contribution in [0.4, 0.5) is 0 Å². The molecular formula is C18H26N2O7S. The number of sulfonamides is 1. The van der Waals surface area contributed by atoms with E-state index in [2.05, 4.69) is 0 Å². The van der Waals surface area contributed by atoms with Crippen LogP contribution in [0.1, 0.15) is 43.2 Å². The highest BCUT2D eigenvalue weighted by molar-refractivity contribution is 7.89. The molecule has 9 nitrogen and oxygen atoms in total. The van der Waals surface area contributed by atoms with Gasteiger partial charge in [-0.15, -0.1) is 0 Å². The van der Waals surface area contributed by atoms with Crippen LogP contribution in [0.25, 0.3) is 0 Å². The van der Waals surface area contributed by atoms with Crippen molar-refractivity contribution in [1.29, 1.82) is 0 Å². The van der Waals surface area contributed by atoms with Crippen molar-refractivity contribution in [3.05, 3.63) is 17.9 Å². The number of hydrogen-bond donors (Lipinski definition) is 0. The van der Waals surface area contributed by atoms with Gasteiger partial charge in [0.25, 0.3) is 10.0 Å². The number of rotatable bonds is 7. The fourth-order valence-electron chi connectivity index (χ4n) is 3.60. The zero-order valence-corrected chi connectivity index (χ0v) is 16.9. The molecule has 2 aliphatic heterocycles. The Morgan fingerprint density at radius 1 is 1.29 bits per heavy atom. The van der Waals surface area contributed by atoms with Crippen LogP contribution in [0.15, 0.2) is 21.6 Å². The lowest BCUT2D eigenvalue weighted by Gasteiger charge is -2.28. The average molecular weight is 414 g/mol. The molecule has 0 aromatic carbocycles. The second-order valence-electron chi connectivity index (χ2n) is 6.97. The maximum Gasteiger partial charge on any atom is 0.374 e. The third kappa shape index (κ3) is 4.23. The van der Waals surface area contributed by atoms with Gasteiger partial charge < -0.3 is 18.8 Å². The highest BCUT2D eigenvalue weighted by atomic mass is 32.2. The summed E-state index contributed by atoms with van der Waals surface area (Å²) < 4.78 is 42.8. The van der Waals surface area contributed by atoms with E-state index in [1.165, 1.54) is 12.1 Å². The minimum absolute atomic E-state index is 0.00220. The van der Waals surface area contributed by atoms with Gasteiger partial charge in [0.15, 0.2) is 0 Å². The Bertz CT molecular complexity index is 814. The summed E-state index contributed by atoms with van der Waals surface area (Å²) in [6.45, 7) is 3.16. The van der Waals surface area contributed by atoms with E-state index in [-0.39, 0.29) is 36.0 Å². The van der Waals surface area contributed by atoms with Crippen molar-refractivity contribution in [2.24, 2.45) is 0 Å². The molecule has 156 valence electrons. The highest BCUT2D eigenvalue weighted by Crippen LogP contribution is 2.28. The van der Waals surface area contributed by atoms with Crippen LogP contribution in [-0.2, 0) is 24.3 Å². The van der Waals surface area contributed by atoms with Crippen LogP contribution in [0.5, 0.6) is 0 Å². The van der Waals surface area contributed by atoms with Crippen molar-refractivity contribution in [1.82, 2.24) is 9.21 Å². The maximum atomic E-state index is 13.0. The van der Waals surface area contributed by atoms with Gasteiger partial charge in [-0.3, -0.25) is 4.79 Å². The van der Waals surface area contributed by atoms with Crippen LogP contribution in [0.2, 0.25) is 0 Å². The van der Waals surface area contributed by atoms with E-state index in [4.69, 9.17) is 13.9 Å². The van der Waals surface area contributed by atoms with E-state index >= 15 is 0 Å². The molecule has 0 aliphatic carbocycles. The van der Waals surface area contributed by atoms with E-state index in [1.807, 2.05) is 0 Å². The minimum Gasteiger partial charge on any atom is -0.460 e. The van der Waals surface area contributed by atoms with E-state index in [9.17, 15) is 18.0 Å². The number of esters is 1. The Labute approximate surface area is 164 Å². The van der Waals surface area contributed by atoms with E-state index < -0.39 is 22.0 Å². The van der Waals surface area contributed by atoms with E-state index in [1.54, 1.807) is 18.9 Å². The van der Waals surface area contributed by atoms with E-state index in [0.29, 0.717) is 26.0 Å². The Balaban J connectivity index is 1.73. The Hall–Kier alpha value is -1.91. The molecule has 0 N–H and O–H groups in total. The summed E-state index contributed by atoms with van der Waals surface area (Å²) in [7, 11) is -2.38. The lowest BCUT2D eigenvalue weighted by Crippen LogP contribution is -2.48. The molecule has 3 heterocycles. The van der Waals surface area contributed by atoms with Crippen LogP contribution in [0.3, 0.4) is 0 Å². The zero-order valence-electron chi connectivity index (χ0n) is 16.1. The average Bonchev–Trinajstić information content (AvgIpc) is 3.41. The number of carbonyl (C=O) groups is 2. The molecule has 1 aromatic rings. The first-order chi connectivity index (χ1) is 13.3. The first-order valence-electron chi connectivity index (χ1n) is 9.50. The number of ether oxygens (including phenoxy) is 2. The number of furan rings is 1. The van der Waals surface area contributed by atoms with Gasteiger partial charge in [0.05, 0.1) is 12.7 Å². The molecule has 1 amide bonds. The molecular weight excluding hydrogens is 388 g/mol. The predicted octanol–water partition coefficient (Wildman–Crippen LogP) is 1.25. The van der Waals surface area contributed by atoms with E-state index in [0.717, 1.165) is 17.1 Å². The van der Waals surface area contributed by atoms with Crippen LogP contribution in [0, 0.1) is 0 Å². The van der Waals surface area contributed by atoms with Gasteiger partial charge in [0.2, 0.25) is 16.8 Å². The molecule has 0 saturated carbocycles. The molecule has 2 saturated heterocycles. The summed E-state index contributed by atoms with van der Waals surface area (Å²) >= 11 is 0. The van der Waals surface area contributed by atoms with Crippen LogP contribution >= 0.6 is 0 Å². The first kappa shape index (κ1) is 20.8. The fraction of sp³-hybridized carbons (Fsp3) is 0.667. The topological polar surface area (TPSA) is 106 Å². The monoisotopic (exact) mass is 414 g/mol. The van der Waals surface area contributed by atoms with Gasteiger partial charge in [-0.25, -0.2) is 13.2 Å². The molecule has 10 heteroatoms. The lowest BCUT2D eigenvalue weighted by molar-refractivity contribution is -0.134. The quantitative estimate of drug-likeness (QED) is 0.618. The number of carbonyl (C=O) groups excluding carboxylic acids is 2. The summed E-state index contributed by atoms with van der Waals surface area (Å²) in [4.78, 5) is 26.2. The van der Waals surface area contributed by atoms with Crippen LogP contribution in [-0.4, -0.2) is 75.0 Å². The van der Waals surface area contributed by atoms with Crippen LogP contribution < -0.4 is 0 Å². The standard InChI is InChI=1S/C18H26N2O7S/c1-3-25-18(22)15-8-9-16(27-15)28(23,24)20-10-4-7-14(20)17(21)19(2)12-13-6-5-11-26-13/h8-9,13-14H,3-7,10-12H2,1-2H3. The Morgan fingerprint density at radius 3 is 2.75 bits per heavy atom. The fourth-order valence-corrected chi connectivity index (χ4v) is 5.17. The third-order valence-corrected chi connectivity index (χ3v) is 6.77. The summed E-state index contributed by atoms with van der Waals surface area (Å²) in [5.41, 5.74) is 0. The summed E-state index contributed by atoms with van der Waals surface area (Å²) in [5, 5.41) is -0.364. The number of likely N-dealkylation sites (N-methyl/N-ethyl adjacent to an activating group) is 1. The predicted molar refractivity (Wildman–Crippen MR) is 98.2 cm³/mol. The second kappa shape index (κ2) is 8.62. The van der Waals surface area contributed by atoms with Gasteiger partial charge in [0, 0.05) is 26.7 Å².